The number of carbonyl (C=O) groups excluding carboxylic acids is 3. The van der Waals surface area contributed by atoms with Crippen LogP contribution >= 0.6 is 0 Å². The van der Waals surface area contributed by atoms with Crippen molar-refractivity contribution >= 4 is 23.4 Å². The van der Waals surface area contributed by atoms with Crippen LogP contribution in [-0.2, 0) is 19.1 Å². The first kappa shape index (κ1) is 17.8. The molecule has 138 valence electrons. The van der Waals surface area contributed by atoms with E-state index in [1.165, 1.54) is 5.01 Å². The average molecular weight is 350 g/mol. The van der Waals surface area contributed by atoms with Crippen molar-refractivity contribution in [3.8, 4) is 0 Å². The van der Waals surface area contributed by atoms with Crippen LogP contribution in [0, 0.1) is 5.92 Å². The van der Waals surface area contributed by atoms with E-state index in [1.807, 2.05) is 6.92 Å². The van der Waals surface area contributed by atoms with Gasteiger partial charge in [0, 0.05) is 44.8 Å². The predicted octanol–water partition coefficient (Wildman–Crippen LogP) is 0.128. The molecule has 3 rings (SSSR count). The van der Waals surface area contributed by atoms with Gasteiger partial charge in [-0.2, -0.15) is 5.10 Å². The first-order chi connectivity index (χ1) is 12.1. The number of nitrogens with zero attached hydrogens (tertiary/aromatic N) is 3. The van der Waals surface area contributed by atoms with E-state index in [0.29, 0.717) is 38.6 Å². The van der Waals surface area contributed by atoms with Crippen LogP contribution in [0.4, 0.5) is 0 Å². The fraction of sp³-hybridized carbons (Fsp3) is 0.765. The van der Waals surface area contributed by atoms with Crippen LogP contribution in [0.3, 0.4) is 0 Å². The van der Waals surface area contributed by atoms with Crippen molar-refractivity contribution in [1.29, 1.82) is 0 Å². The molecule has 0 aromatic rings. The zero-order valence-corrected chi connectivity index (χ0v) is 14.7. The first-order valence-corrected chi connectivity index (χ1v) is 9.13. The highest BCUT2D eigenvalue weighted by molar-refractivity contribution is 6.43. The molecule has 0 unspecified atom stereocenters. The summed E-state index contributed by atoms with van der Waals surface area (Å²) in [6.45, 7) is 4.78. The van der Waals surface area contributed by atoms with Crippen LogP contribution in [0.1, 0.15) is 39.0 Å². The Bertz CT molecular complexity index is 563. The summed E-state index contributed by atoms with van der Waals surface area (Å²) in [6.07, 6.45) is 3.13. The Labute approximate surface area is 147 Å². The van der Waals surface area contributed by atoms with E-state index < -0.39 is 0 Å². The maximum absolute atomic E-state index is 12.5. The zero-order valence-electron chi connectivity index (χ0n) is 14.7. The van der Waals surface area contributed by atoms with Gasteiger partial charge in [-0.15, -0.1) is 0 Å². The molecule has 0 radical (unpaired) electrons. The fourth-order valence-electron chi connectivity index (χ4n) is 3.53. The third-order valence-corrected chi connectivity index (χ3v) is 5.12. The Hall–Kier alpha value is -1.96. The molecule has 0 aromatic carbocycles. The SMILES string of the molecule is CCN1N=C(C(=O)N2CCC(NC(=O)C3CCOCC3)CC2)CC1=O. The second-order valence-electron chi connectivity index (χ2n) is 6.79. The predicted molar refractivity (Wildman–Crippen MR) is 90.7 cm³/mol. The van der Waals surface area contributed by atoms with Gasteiger partial charge in [-0.3, -0.25) is 14.4 Å². The Morgan fingerprint density at radius 2 is 1.88 bits per heavy atom. The molecule has 2 fully saturated rings. The van der Waals surface area contributed by atoms with E-state index in [1.54, 1.807) is 4.90 Å². The lowest BCUT2D eigenvalue weighted by atomic mass is 9.97. The fourth-order valence-corrected chi connectivity index (χ4v) is 3.53. The van der Waals surface area contributed by atoms with Gasteiger partial charge >= 0.3 is 0 Å². The number of carbonyl (C=O) groups is 3. The number of rotatable bonds is 4. The maximum Gasteiger partial charge on any atom is 0.270 e. The molecular weight excluding hydrogens is 324 g/mol. The topological polar surface area (TPSA) is 91.3 Å². The number of piperidine rings is 1. The third-order valence-electron chi connectivity index (χ3n) is 5.12. The van der Waals surface area contributed by atoms with Crippen LogP contribution in [0.15, 0.2) is 5.10 Å². The highest BCUT2D eigenvalue weighted by atomic mass is 16.5. The summed E-state index contributed by atoms with van der Waals surface area (Å²) >= 11 is 0. The number of hydrogen-bond donors (Lipinski definition) is 1. The molecule has 25 heavy (non-hydrogen) atoms. The number of hydrazone groups is 1. The molecule has 1 N–H and O–H groups in total. The summed E-state index contributed by atoms with van der Waals surface area (Å²) in [5, 5.41) is 8.58. The number of nitrogens with one attached hydrogen (secondary N) is 1. The lowest BCUT2D eigenvalue weighted by Gasteiger charge is -2.33. The molecule has 3 aliphatic rings. The minimum Gasteiger partial charge on any atom is -0.381 e. The Kier molecular flexibility index (Phi) is 5.67. The molecule has 3 heterocycles. The number of ether oxygens (including phenoxy) is 1. The van der Waals surface area contributed by atoms with E-state index in [-0.39, 0.29) is 36.1 Å². The standard InChI is InChI=1S/C17H26N4O4/c1-2-21-15(22)11-14(19-21)17(24)20-7-3-13(4-8-20)18-16(23)12-5-9-25-10-6-12/h12-13H,2-11H2,1H3,(H,18,23). The molecule has 0 aromatic heterocycles. The van der Waals surface area contributed by atoms with Crippen molar-refractivity contribution in [1.82, 2.24) is 15.2 Å². The molecule has 0 aliphatic carbocycles. The van der Waals surface area contributed by atoms with Crippen molar-refractivity contribution in [3.05, 3.63) is 0 Å². The summed E-state index contributed by atoms with van der Waals surface area (Å²) in [4.78, 5) is 38.2. The Morgan fingerprint density at radius 1 is 1.20 bits per heavy atom. The van der Waals surface area contributed by atoms with Gasteiger partial charge in [0.15, 0.2) is 0 Å². The summed E-state index contributed by atoms with van der Waals surface area (Å²) in [5.41, 5.74) is 0.330. The Balaban J connectivity index is 1.46. The third kappa shape index (κ3) is 4.18. The van der Waals surface area contributed by atoms with Crippen LogP contribution < -0.4 is 5.32 Å². The van der Waals surface area contributed by atoms with Crippen LogP contribution in [0.5, 0.6) is 0 Å². The van der Waals surface area contributed by atoms with E-state index >= 15 is 0 Å². The second-order valence-corrected chi connectivity index (χ2v) is 6.79. The van der Waals surface area contributed by atoms with Gasteiger partial charge in [0.05, 0.1) is 6.42 Å². The highest BCUT2D eigenvalue weighted by Gasteiger charge is 2.33. The molecule has 0 atom stereocenters. The average Bonchev–Trinajstić information content (AvgIpc) is 3.03. The molecule has 8 nitrogen and oxygen atoms in total. The largest absolute Gasteiger partial charge is 0.381 e. The van der Waals surface area contributed by atoms with Gasteiger partial charge in [-0.1, -0.05) is 0 Å². The number of likely N-dealkylation sites (tertiary alicyclic amines) is 1. The van der Waals surface area contributed by atoms with Crippen molar-refractivity contribution in [2.24, 2.45) is 11.0 Å². The summed E-state index contributed by atoms with van der Waals surface area (Å²) in [5.74, 6) is -0.118. The minimum atomic E-state index is -0.154. The van der Waals surface area contributed by atoms with Gasteiger partial charge in [0.25, 0.3) is 5.91 Å². The molecule has 0 spiro atoms. The van der Waals surface area contributed by atoms with E-state index in [0.717, 1.165) is 25.7 Å². The minimum absolute atomic E-state index is 0.0484. The van der Waals surface area contributed by atoms with Crippen LogP contribution in [0.2, 0.25) is 0 Å². The van der Waals surface area contributed by atoms with Crippen molar-refractivity contribution in [2.75, 3.05) is 32.8 Å². The van der Waals surface area contributed by atoms with E-state index in [4.69, 9.17) is 4.74 Å². The number of amides is 3. The molecule has 0 bridgehead atoms. The van der Waals surface area contributed by atoms with Crippen molar-refractivity contribution in [2.45, 2.75) is 45.1 Å². The second kappa shape index (κ2) is 7.95. The van der Waals surface area contributed by atoms with Crippen molar-refractivity contribution < 1.29 is 19.1 Å². The summed E-state index contributed by atoms with van der Waals surface area (Å²) in [7, 11) is 0. The molecule has 3 amide bonds. The Morgan fingerprint density at radius 3 is 2.48 bits per heavy atom. The molecule has 2 saturated heterocycles. The molecule has 3 aliphatic heterocycles. The van der Waals surface area contributed by atoms with E-state index in [9.17, 15) is 14.4 Å². The summed E-state index contributed by atoms with van der Waals surface area (Å²) in [6, 6.07) is 0.110. The van der Waals surface area contributed by atoms with Crippen molar-refractivity contribution in [3.63, 3.8) is 0 Å². The normalized spacial score (nSPS) is 22.9. The molecular formula is C17H26N4O4. The van der Waals surface area contributed by atoms with Crippen LogP contribution in [-0.4, -0.2) is 72.2 Å². The molecule has 8 heteroatoms. The van der Waals surface area contributed by atoms with Gasteiger partial charge in [-0.05, 0) is 32.6 Å². The van der Waals surface area contributed by atoms with Gasteiger partial charge < -0.3 is 15.0 Å². The lowest BCUT2D eigenvalue weighted by Crippen LogP contribution is -2.49. The van der Waals surface area contributed by atoms with E-state index in [2.05, 4.69) is 10.4 Å². The van der Waals surface area contributed by atoms with Gasteiger partial charge in [-0.25, -0.2) is 5.01 Å². The highest BCUT2D eigenvalue weighted by Crippen LogP contribution is 2.18. The maximum atomic E-state index is 12.5. The summed E-state index contributed by atoms with van der Waals surface area (Å²) < 4.78 is 5.29. The first-order valence-electron chi connectivity index (χ1n) is 9.13. The van der Waals surface area contributed by atoms with Gasteiger partial charge in [0.1, 0.15) is 5.71 Å². The van der Waals surface area contributed by atoms with Gasteiger partial charge in [0.2, 0.25) is 11.8 Å². The van der Waals surface area contributed by atoms with Crippen LogP contribution in [0.25, 0.3) is 0 Å². The number of hydrogen-bond acceptors (Lipinski definition) is 5. The zero-order chi connectivity index (χ0) is 17.8. The molecule has 0 saturated carbocycles. The smallest absolute Gasteiger partial charge is 0.270 e. The lowest BCUT2D eigenvalue weighted by molar-refractivity contribution is -0.130. The quantitative estimate of drug-likeness (QED) is 0.780. The monoisotopic (exact) mass is 350 g/mol.